The summed E-state index contributed by atoms with van der Waals surface area (Å²) in [5.74, 6) is -1.52. The Balaban J connectivity index is 2.41. The summed E-state index contributed by atoms with van der Waals surface area (Å²) in [6.07, 6.45) is 1.72. The van der Waals surface area contributed by atoms with Crippen LogP contribution in [-0.2, 0) is 26.2 Å². The van der Waals surface area contributed by atoms with Crippen LogP contribution in [0.2, 0.25) is 0 Å². The van der Waals surface area contributed by atoms with Gasteiger partial charge < -0.3 is 10.2 Å². The van der Waals surface area contributed by atoms with E-state index in [1.54, 1.807) is 44.2 Å². The Kier molecular flexibility index (Phi) is 8.99. The first-order valence-corrected chi connectivity index (χ1v) is 12.7. The number of carbonyl (C=O) groups is 2. The van der Waals surface area contributed by atoms with Crippen LogP contribution in [0.4, 0.5) is 10.1 Å². The second-order valence-electron chi connectivity index (χ2n) is 8.16. The third-order valence-electron chi connectivity index (χ3n) is 5.53. The van der Waals surface area contributed by atoms with Crippen molar-refractivity contribution in [1.29, 1.82) is 0 Å². The van der Waals surface area contributed by atoms with E-state index >= 15 is 0 Å². The van der Waals surface area contributed by atoms with Gasteiger partial charge >= 0.3 is 0 Å². The lowest BCUT2D eigenvalue weighted by Gasteiger charge is -2.32. The molecule has 0 aromatic heterocycles. The molecular formula is C24H32FN3O4S. The van der Waals surface area contributed by atoms with E-state index in [0.29, 0.717) is 17.7 Å². The van der Waals surface area contributed by atoms with Crippen LogP contribution >= 0.6 is 0 Å². The molecule has 2 atom stereocenters. The largest absolute Gasteiger partial charge is 0.352 e. The average Bonchev–Trinajstić information content (AvgIpc) is 2.76. The first kappa shape index (κ1) is 26.3. The summed E-state index contributed by atoms with van der Waals surface area (Å²) in [4.78, 5) is 27.4. The van der Waals surface area contributed by atoms with Gasteiger partial charge in [0, 0.05) is 18.2 Å². The summed E-state index contributed by atoms with van der Waals surface area (Å²) in [6, 6.07) is 11.8. The topological polar surface area (TPSA) is 86.8 Å². The number of nitrogens with one attached hydrogen (secondary N) is 1. The molecule has 0 unspecified atom stereocenters. The maximum Gasteiger partial charge on any atom is 0.244 e. The molecule has 0 saturated carbocycles. The molecule has 0 bridgehead atoms. The fraction of sp³-hybridized carbons (Fsp3) is 0.417. The van der Waals surface area contributed by atoms with Crippen LogP contribution in [0.5, 0.6) is 0 Å². The lowest BCUT2D eigenvalue weighted by atomic mass is 10.1. The fourth-order valence-corrected chi connectivity index (χ4v) is 4.20. The molecule has 0 heterocycles. The summed E-state index contributed by atoms with van der Waals surface area (Å²) in [6.45, 7) is 6.37. The number of hydrogen-bond acceptors (Lipinski definition) is 4. The summed E-state index contributed by atoms with van der Waals surface area (Å²) in [5.41, 5.74) is 1.28. The van der Waals surface area contributed by atoms with Gasteiger partial charge in [-0.1, -0.05) is 43.3 Å². The molecule has 2 aromatic rings. The van der Waals surface area contributed by atoms with Gasteiger partial charge in [-0.25, -0.2) is 12.8 Å². The number of para-hydroxylation sites is 1. The van der Waals surface area contributed by atoms with Crippen molar-refractivity contribution in [2.45, 2.75) is 52.7 Å². The Bertz CT molecular complexity index is 1090. The lowest BCUT2D eigenvalue weighted by Crippen LogP contribution is -2.52. The first-order valence-electron chi connectivity index (χ1n) is 10.8. The third kappa shape index (κ3) is 7.02. The Labute approximate surface area is 195 Å². The standard InChI is InChI=1S/C24H32FN3O4S/c1-6-18(3)26-24(30)19(4)27(15-20-12-8-9-13-21(20)25)23(29)16-28(33(5,31)32)22-14-10-7-11-17(22)2/h7-14,18-19H,6,15-16H2,1-5H3,(H,26,30)/t18-,19+/m1/s1. The molecule has 0 aliphatic carbocycles. The van der Waals surface area contributed by atoms with Gasteiger partial charge in [-0.2, -0.15) is 0 Å². The normalized spacial score (nSPS) is 13.2. The van der Waals surface area contributed by atoms with Crippen molar-refractivity contribution in [2.75, 3.05) is 17.1 Å². The maximum absolute atomic E-state index is 14.4. The molecule has 0 aliphatic heterocycles. The highest BCUT2D eigenvalue weighted by Crippen LogP contribution is 2.23. The number of amides is 2. The van der Waals surface area contributed by atoms with Crippen molar-refractivity contribution < 1.29 is 22.4 Å². The van der Waals surface area contributed by atoms with Crippen LogP contribution in [0.25, 0.3) is 0 Å². The number of sulfonamides is 1. The number of halogens is 1. The monoisotopic (exact) mass is 477 g/mol. The molecule has 2 aromatic carbocycles. The fourth-order valence-electron chi connectivity index (χ4n) is 3.30. The molecule has 180 valence electrons. The van der Waals surface area contributed by atoms with Gasteiger partial charge in [0.25, 0.3) is 0 Å². The van der Waals surface area contributed by atoms with Crippen LogP contribution in [-0.4, -0.2) is 50.0 Å². The lowest BCUT2D eigenvalue weighted by molar-refractivity contribution is -0.139. The number of rotatable bonds is 10. The van der Waals surface area contributed by atoms with Gasteiger partial charge in [-0.15, -0.1) is 0 Å². The number of hydrogen-bond donors (Lipinski definition) is 1. The molecule has 2 rings (SSSR count). The van der Waals surface area contributed by atoms with Gasteiger partial charge in [-0.3, -0.25) is 13.9 Å². The first-order chi connectivity index (χ1) is 15.5. The van der Waals surface area contributed by atoms with E-state index < -0.39 is 40.2 Å². The molecule has 0 aliphatic rings. The number of nitrogens with zero attached hydrogens (tertiary/aromatic N) is 2. The van der Waals surface area contributed by atoms with Gasteiger partial charge in [0.05, 0.1) is 11.9 Å². The molecule has 0 radical (unpaired) electrons. The molecule has 1 N–H and O–H groups in total. The molecular weight excluding hydrogens is 445 g/mol. The quantitative estimate of drug-likeness (QED) is 0.569. The number of benzene rings is 2. The SMILES string of the molecule is CC[C@@H](C)NC(=O)[C@H](C)N(Cc1ccccc1F)C(=O)CN(c1ccccc1C)S(C)(=O)=O. The second-order valence-corrected chi connectivity index (χ2v) is 10.1. The summed E-state index contributed by atoms with van der Waals surface area (Å²) < 4.78 is 40.5. The summed E-state index contributed by atoms with van der Waals surface area (Å²) >= 11 is 0. The number of carbonyl (C=O) groups excluding carboxylic acids is 2. The van der Waals surface area contributed by atoms with E-state index in [1.165, 1.54) is 23.1 Å². The van der Waals surface area contributed by atoms with Crippen molar-refractivity contribution in [1.82, 2.24) is 10.2 Å². The highest BCUT2D eigenvalue weighted by atomic mass is 32.2. The highest BCUT2D eigenvalue weighted by molar-refractivity contribution is 7.92. The van der Waals surface area contributed by atoms with E-state index in [-0.39, 0.29) is 18.2 Å². The second kappa shape index (κ2) is 11.3. The minimum absolute atomic E-state index is 0.107. The average molecular weight is 478 g/mol. The number of anilines is 1. The van der Waals surface area contributed by atoms with Crippen molar-refractivity contribution in [3.8, 4) is 0 Å². The minimum atomic E-state index is -3.81. The van der Waals surface area contributed by atoms with E-state index in [2.05, 4.69) is 5.32 Å². The van der Waals surface area contributed by atoms with E-state index in [4.69, 9.17) is 0 Å². The Morgan fingerprint density at radius 1 is 1.06 bits per heavy atom. The molecule has 2 amide bonds. The minimum Gasteiger partial charge on any atom is -0.352 e. The molecule has 33 heavy (non-hydrogen) atoms. The molecule has 7 nitrogen and oxygen atoms in total. The summed E-state index contributed by atoms with van der Waals surface area (Å²) in [5, 5.41) is 2.83. The van der Waals surface area contributed by atoms with Gasteiger partial charge in [-0.05, 0) is 44.9 Å². The molecule has 0 fully saturated rings. The third-order valence-corrected chi connectivity index (χ3v) is 6.66. The van der Waals surface area contributed by atoms with Crippen molar-refractivity contribution in [3.05, 3.63) is 65.5 Å². The zero-order valence-electron chi connectivity index (χ0n) is 19.7. The number of aryl methyl sites for hydroxylation is 1. The molecule has 0 saturated heterocycles. The Hall–Kier alpha value is -2.94. The van der Waals surface area contributed by atoms with Gasteiger partial charge in [0.1, 0.15) is 18.4 Å². The highest BCUT2D eigenvalue weighted by Gasteiger charge is 2.31. The molecule has 0 spiro atoms. The van der Waals surface area contributed by atoms with E-state index in [0.717, 1.165) is 10.6 Å². The predicted molar refractivity (Wildman–Crippen MR) is 128 cm³/mol. The van der Waals surface area contributed by atoms with Gasteiger partial charge in [0.2, 0.25) is 21.8 Å². The predicted octanol–water partition coefficient (Wildman–Crippen LogP) is 3.23. The van der Waals surface area contributed by atoms with Crippen molar-refractivity contribution in [2.24, 2.45) is 0 Å². The van der Waals surface area contributed by atoms with Crippen molar-refractivity contribution >= 4 is 27.5 Å². The summed E-state index contributed by atoms with van der Waals surface area (Å²) in [7, 11) is -3.81. The van der Waals surface area contributed by atoms with Crippen LogP contribution < -0.4 is 9.62 Å². The van der Waals surface area contributed by atoms with E-state index in [1.807, 2.05) is 13.8 Å². The van der Waals surface area contributed by atoms with Crippen LogP contribution in [0.15, 0.2) is 48.5 Å². The maximum atomic E-state index is 14.4. The van der Waals surface area contributed by atoms with Crippen LogP contribution in [0.3, 0.4) is 0 Å². The smallest absolute Gasteiger partial charge is 0.244 e. The molecule has 9 heteroatoms. The van der Waals surface area contributed by atoms with E-state index in [9.17, 15) is 22.4 Å². The van der Waals surface area contributed by atoms with Crippen LogP contribution in [0, 0.1) is 12.7 Å². The van der Waals surface area contributed by atoms with Crippen molar-refractivity contribution in [3.63, 3.8) is 0 Å². The zero-order chi connectivity index (χ0) is 24.8. The van der Waals surface area contributed by atoms with Gasteiger partial charge in [0.15, 0.2) is 0 Å². The Morgan fingerprint density at radius 2 is 1.67 bits per heavy atom. The zero-order valence-corrected chi connectivity index (χ0v) is 20.5. The van der Waals surface area contributed by atoms with Crippen LogP contribution in [0.1, 0.15) is 38.3 Å². The Morgan fingerprint density at radius 3 is 2.24 bits per heavy atom.